The Bertz CT molecular complexity index is 2400. The van der Waals surface area contributed by atoms with Crippen LogP contribution in [0.15, 0.2) is 78.9 Å². The molecule has 0 spiro atoms. The minimum atomic E-state index is -4.35. The number of hydrogen-bond donors (Lipinski definition) is 3. The molecular weight excluding hydrogens is 1060 g/mol. The van der Waals surface area contributed by atoms with Crippen molar-refractivity contribution in [3.05, 3.63) is 116 Å². The quantitative estimate of drug-likeness (QED) is 0.0191. The lowest BCUT2D eigenvalue weighted by molar-refractivity contribution is -0.385. The van der Waals surface area contributed by atoms with E-state index in [1.807, 2.05) is 68.6 Å². The summed E-state index contributed by atoms with van der Waals surface area (Å²) in [7, 11) is -2.57. The Kier molecular flexibility index (Phi) is 29.6. The molecule has 1 aliphatic rings. The minimum Gasteiger partial charge on any atom is -0.778 e. The molecule has 2 amide bonds. The number of carboxylic acid groups (broad SMARTS) is 1. The molecule has 386 valence electrons. The largest absolute Gasteiger partial charge is 0.778 e. The maximum absolute atomic E-state index is 12.0. The van der Waals surface area contributed by atoms with E-state index >= 15 is 0 Å². The number of nitro benzene ring substituents is 1. The van der Waals surface area contributed by atoms with Crippen molar-refractivity contribution >= 4 is 117 Å². The molecule has 0 aliphatic carbocycles. The van der Waals surface area contributed by atoms with Crippen LogP contribution in [-0.2, 0) is 45.7 Å². The van der Waals surface area contributed by atoms with Crippen LogP contribution >= 0.6 is 65.6 Å². The van der Waals surface area contributed by atoms with E-state index in [9.17, 15) is 38.8 Å². The zero-order valence-corrected chi connectivity index (χ0v) is 45.0. The number of carbonyl (C=O) groups excluding carboxylic acids is 3. The fraction of sp³-hybridized carbons (Fsp3) is 0.378. The molecule has 2 atom stereocenters. The fourth-order valence-electron chi connectivity index (χ4n) is 5.65. The van der Waals surface area contributed by atoms with E-state index in [4.69, 9.17) is 82.2 Å². The molecular formula is C45H56Cl5N4O14PS. The van der Waals surface area contributed by atoms with Gasteiger partial charge in [0.2, 0.25) is 5.91 Å². The number of nitrogens with zero attached hydrogens (tertiary/aromatic N) is 3. The van der Waals surface area contributed by atoms with Crippen molar-refractivity contribution in [1.82, 2.24) is 5.32 Å². The molecule has 4 aromatic carbocycles. The number of esters is 1. The molecule has 0 aromatic heterocycles. The number of para-hydroxylation sites is 3. The highest BCUT2D eigenvalue weighted by Gasteiger charge is 2.32. The topological polar surface area (TPSA) is 247 Å². The van der Waals surface area contributed by atoms with Gasteiger partial charge in [0.25, 0.3) is 11.6 Å². The average Bonchev–Trinajstić information content (AvgIpc) is 3.29. The predicted molar refractivity (Wildman–Crippen MR) is 276 cm³/mol. The number of nitrogens with one attached hydrogen (secondary N) is 1. The van der Waals surface area contributed by atoms with Crippen molar-refractivity contribution in [3.8, 4) is 17.2 Å². The first-order chi connectivity index (χ1) is 32.8. The third-order valence-electron chi connectivity index (χ3n) is 8.56. The number of nitro groups is 1. The van der Waals surface area contributed by atoms with Crippen molar-refractivity contribution in [1.29, 1.82) is 0 Å². The summed E-state index contributed by atoms with van der Waals surface area (Å²) in [6.07, 6.45) is 6.74. The summed E-state index contributed by atoms with van der Waals surface area (Å²) in [4.78, 5) is 75.6. The van der Waals surface area contributed by atoms with Crippen LogP contribution in [0, 0.1) is 17.0 Å². The van der Waals surface area contributed by atoms with Gasteiger partial charge in [-0.3, -0.25) is 34.7 Å². The lowest BCUT2D eigenvalue weighted by Gasteiger charge is -2.35. The number of fused-ring (bicyclic) bond motifs is 1. The number of alkyl halides is 3. The normalized spacial score (nSPS) is 13.1. The summed E-state index contributed by atoms with van der Waals surface area (Å²) in [5.74, 6) is -1.30. The highest BCUT2D eigenvalue weighted by Crippen LogP contribution is 2.36. The second kappa shape index (κ2) is 32.6. The van der Waals surface area contributed by atoms with Gasteiger partial charge < -0.3 is 43.3 Å². The summed E-state index contributed by atoms with van der Waals surface area (Å²) >= 11 is 28.7. The van der Waals surface area contributed by atoms with Gasteiger partial charge in [0.05, 0.1) is 66.1 Å². The number of halogens is 5. The van der Waals surface area contributed by atoms with Crippen LogP contribution in [0.5, 0.6) is 17.2 Å². The van der Waals surface area contributed by atoms with Crippen molar-refractivity contribution in [2.75, 3.05) is 74.3 Å². The van der Waals surface area contributed by atoms with E-state index in [0.717, 1.165) is 42.1 Å². The Morgan fingerprint density at radius 1 is 1.03 bits per heavy atom. The van der Waals surface area contributed by atoms with Crippen molar-refractivity contribution in [2.45, 2.75) is 45.0 Å². The number of carbonyl (C=O) groups is 4. The van der Waals surface area contributed by atoms with Crippen molar-refractivity contribution in [3.63, 3.8) is 0 Å². The van der Waals surface area contributed by atoms with Crippen LogP contribution in [0.2, 0.25) is 10.0 Å². The van der Waals surface area contributed by atoms with E-state index in [0.29, 0.717) is 40.6 Å². The Morgan fingerprint density at radius 3 is 2.20 bits per heavy atom. The number of benzene rings is 4. The molecule has 0 fully saturated rings. The molecule has 3 N–H and O–H groups in total. The number of amides is 2. The first-order valence-corrected chi connectivity index (χ1v) is 27.0. The standard InChI is InChI=1S/C14H9Cl2NO5.C14H20ClNO2.C11H11Cl2NO2.C3H8NO5P.C3H9S/c1-21-14(18)10-7-9(3-4-12(10)17(19)20)22-13-5-2-8(15)6-11(13)16;1-4-12-8-6-7-11(3)14(12)16(10-18-5-2)13(17)9-15;1-7-6-16-9-5-3-2-4-8(9)14(7)11(15)10(12)13;5-3(6)1-4-2-10(7,8)9;1-4(2)3/h2-7H,1H3;6-8H,4-5,9-10H2,1-3H3;2-5,7,10H,6H2,1H3;4H,1-2H2,(H,5,6)(H2,7,8,9);1-3H3/q;;;;+1/p-1. The van der Waals surface area contributed by atoms with Gasteiger partial charge >= 0.3 is 11.9 Å². The Morgan fingerprint density at radius 2 is 1.67 bits per heavy atom. The molecule has 1 aliphatic heterocycles. The zero-order chi connectivity index (χ0) is 53.3. The van der Waals surface area contributed by atoms with Gasteiger partial charge in [-0.2, -0.15) is 0 Å². The van der Waals surface area contributed by atoms with E-state index in [2.05, 4.69) is 30.4 Å². The van der Waals surface area contributed by atoms with Gasteiger partial charge in [0.15, 0.2) is 4.84 Å². The summed E-state index contributed by atoms with van der Waals surface area (Å²) in [6, 6.07) is 21.6. The average molecular weight is 1120 g/mol. The summed E-state index contributed by atoms with van der Waals surface area (Å²) < 4.78 is 30.9. The summed E-state index contributed by atoms with van der Waals surface area (Å²) in [5.41, 5.74) is 3.26. The molecule has 5 rings (SSSR count). The van der Waals surface area contributed by atoms with Crippen molar-refractivity contribution < 1.29 is 62.5 Å². The Balaban J connectivity index is 0.000000467. The lowest BCUT2D eigenvalue weighted by Crippen LogP contribution is -2.47. The second-order valence-electron chi connectivity index (χ2n) is 14.6. The maximum atomic E-state index is 12.0. The smallest absolute Gasteiger partial charge is 0.345 e. The van der Waals surface area contributed by atoms with Gasteiger partial charge in [0, 0.05) is 23.8 Å². The third kappa shape index (κ3) is 22.8. The van der Waals surface area contributed by atoms with Crippen LogP contribution in [0.25, 0.3) is 0 Å². The maximum Gasteiger partial charge on any atom is 0.345 e. The Labute approximate surface area is 435 Å². The number of aliphatic carboxylic acids is 1. The summed E-state index contributed by atoms with van der Waals surface area (Å²) in [6.45, 7) is 8.65. The molecule has 0 bridgehead atoms. The first kappa shape index (κ1) is 63.6. The molecule has 0 saturated heterocycles. The molecule has 0 saturated carbocycles. The van der Waals surface area contributed by atoms with Crippen LogP contribution in [-0.4, -0.2) is 114 Å². The fourth-order valence-corrected chi connectivity index (χ4v) is 6.85. The third-order valence-corrected chi connectivity index (χ3v) is 10.3. The summed E-state index contributed by atoms with van der Waals surface area (Å²) in [5, 5.41) is 21.6. The highest BCUT2D eigenvalue weighted by atomic mass is 35.5. The number of carboxylic acids is 1. The van der Waals surface area contributed by atoms with E-state index < -0.39 is 42.1 Å². The van der Waals surface area contributed by atoms with Gasteiger partial charge in [-0.05, 0) is 85.6 Å². The van der Waals surface area contributed by atoms with Crippen LogP contribution in [0.3, 0.4) is 0 Å². The van der Waals surface area contributed by atoms with Gasteiger partial charge in [-0.25, -0.2) is 4.79 Å². The first-order valence-electron chi connectivity index (χ1n) is 20.6. The number of aryl methyl sites for hydroxylation is 2. The van der Waals surface area contributed by atoms with Crippen LogP contribution in [0.1, 0.15) is 42.3 Å². The Hall–Kier alpha value is -4.37. The van der Waals surface area contributed by atoms with Crippen LogP contribution < -0.4 is 29.5 Å². The number of ether oxygens (including phenoxy) is 4. The predicted octanol–water partition coefficient (Wildman–Crippen LogP) is 8.87. The monoisotopic (exact) mass is 1110 g/mol. The number of methoxy groups -OCH3 is 1. The van der Waals surface area contributed by atoms with Crippen LogP contribution in [0.4, 0.5) is 17.1 Å². The molecule has 70 heavy (non-hydrogen) atoms. The van der Waals surface area contributed by atoms with E-state index in [1.165, 1.54) is 18.2 Å². The lowest BCUT2D eigenvalue weighted by atomic mass is 10.0. The van der Waals surface area contributed by atoms with E-state index in [1.54, 1.807) is 21.9 Å². The van der Waals surface area contributed by atoms with Crippen molar-refractivity contribution in [2.24, 2.45) is 0 Å². The minimum absolute atomic E-state index is 0.0371. The van der Waals surface area contributed by atoms with Gasteiger partial charge in [-0.15, -0.1) is 11.6 Å². The molecule has 18 nitrogen and oxygen atoms in total. The SMILES string of the molecule is CC1COc2ccccc2N1C(=O)C(Cl)Cl.CCOCN(C(=O)CCl)c1c(C)cccc1CC.COC(=O)c1cc(Oc2ccc(Cl)cc2Cl)ccc1[N+](=O)[O-].C[S+](C)C.O=C(O)CNCP(=O)([O-])O. The van der Waals surface area contributed by atoms with Gasteiger partial charge in [-0.1, -0.05) is 83.7 Å². The molecule has 0 radical (unpaired) electrons. The van der Waals surface area contributed by atoms with E-state index in [-0.39, 0.29) is 52.5 Å². The second-order valence-corrected chi connectivity index (χ2v) is 20.8. The zero-order valence-electron chi connectivity index (χ0n) is 39.5. The molecule has 1 heterocycles. The van der Waals surface area contributed by atoms with Gasteiger partial charge in [0.1, 0.15) is 49.6 Å². The molecule has 2 unspecified atom stereocenters. The highest BCUT2D eigenvalue weighted by molar-refractivity contribution is 7.94. The number of anilines is 2. The molecule has 25 heteroatoms. The molecule has 4 aromatic rings. The number of hydrogen-bond acceptors (Lipinski definition) is 13. The number of rotatable bonds is 15.